The average molecular weight is 351 g/mol. The lowest BCUT2D eigenvalue weighted by Crippen LogP contribution is -2.25. The van der Waals surface area contributed by atoms with Crippen LogP contribution in [0.3, 0.4) is 0 Å². The van der Waals surface area contributed by atoms with E-state index in [0.717, 1.165) is 10.9 Å². The minimum atomic E-state index is -4.00. The van der Waals surface area contributed by atoms with Gasteiger partial charge >= 0.3 is 0 Å². The summed E-state index contributed by atoms with van der Waals surface area (Å²) in [7, 11) is -4.00. The smallest absolute Gasteiger partial charge is 0.261 e. The Labute approximate surface area is 136 Å². The van der Waals surface area contributed by atoms with Gasteiger partial charge in [0.25, 0.3) is 16.4 Å². The van der Waals surface area contributed by atoms with Gasteiger partial charge in [-0.25, -0.2) is 8.78 Å². The molecule has 0 aliphatic rings. The Bertz CT molecular complexity index is 930. The van der Waals surface area contributed by atoms with Gasteiger partial charge in [0.15, 0.2) is 0 Å². The Hall–Kier alpha value is -2.88. The monoisotopic (exact) mass is 351 g/mol. The van der Waals surface area contributed by atoms with Gasteiger partial charge in [-0.2, -0.15) is 23.1 Å². The number of nitrogens with zero attached hydrogens (tertiary/aromatic N) is 4. The summed E-state index contributed by atoms with van der Waals surface area (Å²) in [6, 6.07) is 8.57. The topological polar surface area (TPSA) is 89.8 Å². The molecule has 124 valence electrons. The molecule has 0 unspecified atom stereocenters. The second kappa shape index (κ2) is 6.32. The predicted molar refractivity (Wildman–Crippen MR) is 81.2 cm³/mol. The molecule has 10 heteroatoms. The second-order valence-electron chi connectivity index (χ2n) is 4.67. The highest BCUT2D eigenvalue weighted by Crippen LogP contribution is 2.24. The Morgan fingerprint density at radius 3 is 2.50 bits per heavy atom. The van der Waals surface area contributed by atoms with Crippen LogP contribution in [0.2, 0.25) is 0 Å². The fraction of sp³-hybridized carbons (Fsp3) is 0.0714. The largest absolute Gasteiger partial charge is 0.282 e. The van der Waals surface area contributed by atoms with Crippen molar-refractivity contribution in [1.82, 2.24) is 19.9 Å². The minimum Gasteiger partial charge on any atom is -0.261 e. The minimum absolute atomic E-state index is 0.0239. The number of alkyl halides is 2. The van der Waals surface area contributed by atoms with Crippen molar-refractivity contribution in [2.45, 2.75) is 11.3 Å². The van der Waals surface area contributed by atoms with Crippen LogP contribution in [0, 0.1) is 0 Å². The molecule has 0 spiro atoms. The Morgan fingerprint density at radius 1 is 1.12 bits per heavy atom. The van der Waals surface area contributed by atoms with E-state index in [9.17, 15) is 17.2 Å². The highest BCUT2D eigenvalue weighted by atomic mass is 32.2. The van der Waals surface area contributed by atoms with Gasteiger partial charge in [-0.05, 0) is 18.2 Å². The molecule has 3 rings (SSSR count). The number of aromatic nitrogens is 4. The summed E-state index contributed by atoms with van der Waals surface area (Å²) in [5.74, 6) is 0. The number of sulfonamides is 1. The van der Waals surface area contributed by atoms with Crippen molar-refractivity contribution in [1.29, 1.82) is 0 Å². The lowest BCUT2D eigenvalue weighted by molar-refractivity contribution is 0.145. The molecular weight excluding hydrogens is 340 g/mol. The van der Waals surface area contributed by atoms with Gasteiger partial charge in [0.1, 0.15) is 17.1 Å². The van der Waals surface area contributed by atoms with Crippen molar-refractivity contribution < 1.29 is 17.2 Å². The highest BCUT2D eigenvalue weighted by molar-refractivity contribution is 7.92. The third kappa shape index (κ3) is 3.23. The zero-order chi connectivity index (χ0) is 17.2. The van der Waals surface area contributed by atoms with Gasteiger partial charge in [-0.1, -0.05) is 18.2 Å². The van der Waals surface area contributed by atoms with E-state index in [1.54, 1.807) is 18.2 Å². The van der Waals surface area contributed by atoms with E-state index in [1.807, 2.05) is 0 Å². The number of nitrogens with one attached hydrogen (secondary N) is 1. The van der Waals surface area contributed by atoms with E-state index in [0.29, 0.717) is 0 Å². The van der Waals surface area contributed by atoms with Crippen LogP contribution >= 0.6 is 0 Å². The maximum absolute atomic E-state index is 12.9. The quantitative estimate of drug-likeness (QED) is 0.761. The fourth-order valence-corrected chi connectivity index (χ4v) is 2.94. The lowest BCUT2D eigenvalue weighted by Gasteiger charge is -2.10. The van der Waals surface area contributed by atoms with E-state index < -0.39 is 22.1 Å². The molecule has 0 aliphatic heterocycles. The third-order valence-corrected chi connectivity index (χ3v) is 4.34. The number of hydrogen-bond acceptors (Lipinski definition) is 5. The van der Waals surface area contributed by atoms with E-state index in [4.69, 9.17) is 0 Å². The summed E-state index contributed by atoms with van der Waals surface area (Å²) >= 11 is 0. The first-order chi connectivity index (χ1) is 11.5. The molecular formula is C14H11F2N5O2S. The average Bonchev–Trinajstić information content (AvgIpc) is 3.00. The van der Waals surface area contributed by atoms with Crippen molar-refractivity contribution in [3.05, 3.63) is 60.7 Å². The molecule has 24 heavy (non-hydrogen) atoms. The van der Waals surface area contributed by atoms with Gasteiger partial charge < -0.3 is 0 Å². The molecule has 0 saturated heterocycles. The SMILES string of the molecule is O=S(=O)(Nn1nc(C(F)F)cc1-c1cnccn1)c1ccccc1. The van der Waals surface area contributed by atoms with E-state index in [2.05, 4.69) is 19.9 Å². The zero-order valence-corrected chi connectivity index (χ0v) is 12.9. The van der Waals surface area contributed by atoms with Gasteiger partial charge in [-0.3, -0.25) is 9.97 Å². The van der Waals surface area contributed by atoms with Crippen LogP contribution in [0.1, 0.15) is 12.1 Å². The molecule has 0 atom stereocenters. The predicted octanol–water partition coefficient (Wildman–Crippen LogP) is 2.21. The number of benzene rings is 1. The van der Waals surface area contributed by atoms with Crippen LogP contribution in [0.25, 0.3) is 11.4 Å². The van der Waals surface area contributed by atoms with Gasteiger partial charge in [0.05, 0.1) is 11.1 Å². The van der Waals surface area contributed by atoms with Crippen LogP contribution in [0.5, 0.6) is 0 Å². The van der Waals surface area contributed by atoms with Crippen LogP contribution in [-0.4, -0.2) is 28.3 Å². The van der Waals surface area contributed by atoms with Gasteiger partial charge in [0, 0.05) is 12.4 Å². The Kier molecular flexibility index (Phi) is 4.21. The van der Waals surface area contributed by atoms with Crippen LogP contribution in [-0.2, 0) is 10.0 Å². The van der Waals surface area contributed by atoms with Gasteiger partial charge in [0.2, 0.25) is 0 Å². The second-order valence-corrected chi connectivity index (χ2v) is 6.33. The molecule has 0 aliphatic carbocycles. The molecule has 0 amide bonds. The molecule has 2 heterocycles. The first kappa shape index (κ1) is 16.0. The van der Waals surface area contributed by atoms with Crippen molar-refractivity contribution >= 4 is 10.0 Å². The molecule has 2 aromatic heterocycles. The van der Waals surface area contributed by atoms with Gasteiger partial charge in [-0.15, -0.1) is 0 Å². The molecule has 0 radical (unpaired) electrons. The van der Waals surface area contributed by atoms with Crippen molar-refractivity contribution in [2.75, 3.05) is 4.83 Å². The van der Waals surface area contributed by atoms with Crippen molar-refractivity contribution in [3.8, 4) is 11.4 Å². The number of hydrogen-bond donors (Lipinski definition) is 1. The first-order valence-electron chi connectivity index (χ1n) is 6.70. The third-order valence-electron chi connectivity index (χ3n) is 3.04. The van der Waals surface area contributed by atoms with E-state index in [-0.39, 0.29) is 16.3 Å². The molecule has 7 nitrogen and oxygen atoms in total. The lowest BCUT2D eigenvalue weighted by atomic mass is 10.3. The van der Waals surface area contributed by atoms with Crippen molar-refractivity contribution in [2.24, 2.45) is 0 Å². The standard InChI is InChI=1S/C14H11F2N5O2S/c15-14(16)11-8-13(12-9-17-6-7-18-12)21(19-11)20-24(22,23)10-4-2-1-3-5-10/h1-9,14,20H. The molecule has 0 fully saturated rings. The Morgan fingerprint density at radius 2 is 1.88 bits per heavy atom. The summed E-state index contributed by atoms with van der Waals surface area (Å²) in [5, 5.41) is 3.61. The summed E-state index contributed by atoms with van der Waals surface area (Å²) in [4.78, 5) is 10.7. The normalized spacial score (nSPS) is 11.6. The van der Waals surface area contributed by atoms with E-state index >= 15 is 0 Å². The van der Waals surface area contributed by atoms with Crippen molar-refractivity contribution in [3.63, 3.8) is 0 Å². The maximum atomic E-state index is 12.9. The maximum Gasteiger partial charge on any atom is 0.282 e. The molecule has 3 aromatic rings. The summed E-state index contributed by atoms with van der Waals surface area (Å²) < 4.78 is 50.6. The zero-order valence-electron chi connectivity index (χ0n) is 12.0. The van der Waals surface area contributed by atoms with Crippen LogP contribution in [0.15, 0.2) is 59.9 Å². The summed E-state index contributed by atoms with van der Waals surface area (Å²) in [6.07, 6.45) is 1.23. The molecule has 1 aromatic carbocycles. The summed E-state index contributed by atoms with van der Waals surface area (Å²) in [6.45, 7) is 0. The first-order valence-corrected chi connectivity index (χ1v) is 8.18. The fourth-order valence-electron chi connectivity index (χ4n) is 1.96. The molecule has 0 saturated carbocycles. The number of rotatable bonds is 5. The number of halogens is 2. The Balaban J connectivity index is 2.04. The van der Waals surface area contributed by atoms with Crippen LogP contribution < -0.4 is 4.83 Å². The molecule has 1 N–H and O–H groups in total. The molecule has 0 bridgehead atoms. The summed E-state index contributed by atoms with van der Waals surface area (Å²) in [5.41, 5.74) is -0.322. The van der Waals surface area contributed by atoms with Crippen LogP contribution in [0.4, 0.5) is 8.78 Å². The highest BCUT2D eigenvalue weighted by Gasteiger charge is 2.21. The van der Waals surface area contributed by atoms with E-state index in [1.165, 1.54) is 30.7 Å².